The molecule has 5 saturated carbocycles. The van der Waals surface area contributed by atoms with Crippen LogP contribution in [0.15, 0.2) is 0 Å². The van der Waals surface area contributed by atoms with Crippen LogP contribution in [-0.2, 0) is 14.4 Å². The molecule has 5 aliphatic rings. The lowest BCUT2D eigenvalue weighted by Gasteiger charge is -2.48. The molecule has 0 aromatic rings. The molecule has 3 N–H and O–H groups in total. The summed E-state index contributed by atoms with van der Waals surface area (Å²) >= 11 is 0. The minimum atomic E-state index is -0.729. The van der Waals surface area contributed by atoms with Gasteiger partial charge in [-0.15, -0.1) is 0 Å². The highest BCUT2D eigenvalue weighted by Crippen LogP contribution is 2.74. The van der Waals surface area contributed by atoms with E-state index in [-0.39, 0.29) is 40.9 Å². The number of rotatable bonds is 6. The van der Waals surface area contributed by atoms with Crippen LogP contribution < -0.4 is 0 Å². The Bertz CT molecular complexity index is 824. The standard InChI is InChI=1S/C28H42O6/c29-22(30)13-20-15-27(10-8-18(20)14-27)23-19-9-11-28(16-19,24(23)26(33)34)21-7-5-3-1-2-4-6-17(12-21)25(31)32/h17-21,23-24H,1-16H2,(H,29,30)(H,31,32)(H,33,34). The first-order chi connectivity index (χ1) is 16.3. The maximum absolute atomic E-state index is 13.0. The van der Waals surface area contributed by atoms with Gasteiger partial charge in [0, 0.05) is 6.42 Å². The van der Waals surface area contributed by atoms with Gasteiger partial charge in [0.2, 0.25) is 0 Å². The topological polar surface area (TPSA) is 112 Å². The van der Waals surface area contributed by atoms with Crippen molar-refractivity contribution in [3.63, 3.8) is 0 Å². The van der Waals surface area contributed by atoms with E-state index in [2.05, 4.69) is 0 Å². The van der Waals surface area contributed by atoms with E-state index in [0.717, 1.165) is 89.9 Å². The molecule has 9 unspecified atom stereocenters. The van der Waals surface area contributed by atoms with Gasteiger partial charge in [0.15, 0.2) is 0 Å². The van der Waals surface area contributed by atoms with Crippen LogP contribution >= 0.6 is 0 Å². The van der Waals surface area contributed by atoms with Crippen LogP contribution in [0.3, 0.4) is 0 Å². The average Bonchev–Trinajstić information content (AvgIpc) is 3.54. The highest BCUT2D eigenvalue weighted by atomic mass is 16.4. The van der Waals surface area contributed by atoms with Crippen molar-refractivity contribution in [2.24, 2.45) is 52.3 Å². The van der Waals surface area contributed by atoms with Gasteiger partial charge in [-0.25, -0.2) is 0 Å². The fourth-order valence-corrected chi connectivity index (χ4v) is 10.3. The molecule has 6 nitrogen and oxygen atoms in total. The molecule has 0 aromatic carbocycles. The number of carboxylic acids is 3. The Balaban J connectivity index is 1.45. The van der Waals surface area contributed by atoms with Crippen molar-refractivity contribution in [3.8, 4) is 0 Å². The molecule has 0 aliphatic heterocycles. The number of hydrogen-bond donors (Lipinski definition) is 3. The predicted molar refractivity (Wildman–Crippen MR) is 126 cm³/mol. The van der Waals surface area contributed by atoms with Crippen molar-refractivity contribution in [1.29, 1.82) is 0 Å². The van der Waals surface area contributed by atoms with E-state index >= 15 is 0 Å². The lowest BCUT2D eigenvalue weighted by molar-refractivity contribution is -0.156. The molecular formula is C28H42O6. The van der Waals surface area contributed by atoms with Gasteiger partial charge in [0.05, 0.1) is 11.8 Å². The zero-order valence-electron chi connectivity index (χ0n) is 20.4. The summed E-state index contributed by atoms with van der Waals surface area (Å²) in [6.45, 7) is 0. The predicted octanol–water partition coefficient (Wildman–Crippen LogP) is 5.84. The van der Waals surface area contributed by atoms with E-state index < -0.39 is 23.8 Å². The average molecular weight is 475 g/mol. The lowest BCUT2D eigenvalue weighted by atomic mass is 9.55. The van der Waals surface area contributed by atoms with Crippen LogP contribution in [-0.4, -0.2) is 33.2 Å². The van der Waals surface area contributed by atoms with Gasteiger partial charge >= 0.3 is 17.9 Å². The van der Waals surface area contributed by atoms with E-state index in [4.69, 9.17) is 0 Å². The van der Waals surface area contributed by atoms with Gasteiger partial charge in [-0.05, 0) is 105 Å². The van der Waals surface area contributed by atoms with Crippen molar-refractivity contribution < 1.29 is 29.7 Å². The van der Waals surface area contributed by atoms with Crippen molar-refractivity contribution in [1.82, 2.24) is 0 Å². The fraction of sp³-hybridized carbons (Fsp3) is 0.893. The normalized spacial score (nSPS) is 46.4. The molecule has 0 aromatic heterocycles. The zero-order chi connectivity index (χ0) is 24.1. The molecule has 0 radical (unpaired) electrons. The third-order valence-corrected chi connectivity index (χ3v) is 11.4. The van der Waals surface area contributed by atoms with Crippen molar-refractivity contribution in [2.75, 3.05) is 0 Å². The highest BCUT2D eigenvalue weighted by Gasteiger charge is 2.69. The minimum Gasteiger partial charge on any atom is -0.481 e. The monoisotopic (exact) mass is 474 g/mol. The van der Waals surface area contributed by atoms with Gasteiger partial charge in [-0.1, -0.05) is 32.1 Å². The highest BCUT2D eigenvalue weighted by molar-refractivity contribution is 5.73. The summed E-state index contributed by atoms with van der Waals surface area (Å²) in [7, 11) is 0. The molecule has 34 heavy (non-hydrogen) atoms. The van der Waals surface area contributed by atoms with Crippen LogP contribution in [0, 0.1) is 52.3 Å². The Morgan fingerprint density at radius 2 is 1.44 bits per heavy atom. The first-order valence-corrected chi connectivity index (χ1v) is 13.9. The van der Waals surface area contributed by atoms with E-state index in [1.54, 1.807) is 0 Å². The fourth-order valence-electron chi connectivity index (χ4n) is 10.3. The molecule has 0 heterocycles. The van der Waals surface area contributed by atoms with Crippen LogP contribution in [0.1, 0.15) is 103 Å². The SMILES string of the molecule is O=C(O)CC1CC2(C3C4CCC(C5CCCCCCCC(C(=O)O)C5)(C4)C3C(=O)O)CCC1C2. The van der Waals surface area contributed by atoms with E-state index in [1.807, 2.05) is 0 Å². The molecule has 0 amide bonds. The van der Waals surface area contributed by atoms with Gasteiger partial charge in [0.25, 0.3) is 0 Å². The molecule has 4 bridgehead atoms. The summed E-state index contributed by atoms with van der Waals surface area (Å²) in [6, 6.07) is 0. The number of hydrogen-bond acceptors (Lipinski definition) is 3. The Morgan fingerprint density at radius 3 is 2.15 bits per heavy atom. The Labute approximate surface area is 202 Å². The molecule has 6 heteroatoms. The molecule has 0 saturated heterocycles. The van der Waals surface area contributed by atoms with E-state index in [0.29, 0.717) is 18.3 Å². The zero-order valence-corrected chi connectivity index (χ0v) is 20.4. The molecule has 9 atom stereocenters. The van der Waals surface area contributed by atoms with Gasteiger partial charge in [0.1, 0.15) is 0 Å². The minimum absolute atomic E-state index is 0.0110. The maximum atomic E-state index is 13.0. The van der Waals surface area contributed by atoms with Crippen molar-refractivity contribution >= 4 is 17.9 Å². The van der Waals surface area contributed by atoms with Crippen LogP contribution in [0.2, 0.25) is 0 Å². The second kappa shape index (κ2) is 9.13. The largest absolute Gasteiger partial charge is 0.481 e. The van der Waals surface area contributed by atoms with Gasteiger partial charge < -0.3 is 15.3 Å². The summed E-state index contributed by atoms with van der Waals surface area (Å²) in [4.78, 5) is 36.6. The number of carboxylic acid groups (broad SMARTS) is 3. The molecule has 190 valence electrons. The summed E-state index contributed by atoms with van der Waals surface area (Å²) in [5.41, 5.74) is -0.283. The molecule has 5 fully saturated rings. The summed E-state index contributed by atoms with van der Waals surface area (Å²) in [6.07, 6.45) is 14.9. The second-order valence-electron chi connectivity index (χ2n) is 12.8. The molecule has 5 aliphatic carbocycles. The number of fused-ring (bicyclic) bond motifs is 4. The lowest BCUT2D eigenvalue weighted by Crippen LogP contribution is -2.47. The Kier molecular flexibility index (Phi) is 6.48. The van der Waals surface area contributed by atoms with Gasteiger partial charge in [-0.2, -0.15) is 0 Å². The third kappa shape index (κ3) is 3.97. The summed E-state index contributed by atoms with van der Waals surface area (Å²) in [5.74, 6) is -1.50. The first kappa shape index (κ1) is 24.1. The summed E-state index contributed by atoms with van der Waals surface area (Å²) < 4.78 is 0. The quantitative estimate of drug-likeness (QED) is 0.446. The van der Waals surface area contributed by atoms with Crippen LogP contribution in [0.5, 0.6) is 0 Å². The number of carbonyl (C=O) groups is 3. The molecule has 0 spiro atoms. The third-order valence-electron chi connectivity index (χ3n) is 11.4. The van der Waals surface area contributed by atoms with Gasteiger partial charge in [-0.3, -0.25) is 14.4 Å². The van der Waals surface area contributed by atoms with Crippen molar-refractivity contribution in [3.05, 3.63) is 0 Å². The first-order valence-electron chi connectivity index (χ1n) is 13.9. The second-order valence-corrected chi connectivity index (χ2v) is 12.8. The Morgan fingerprint density at radius 1 is 0.735 bits per heavy atom. The van der Waals surface area contributed by atoms with E-state index in [1.165, 1.54) is 0 Å². The molecule has 5 rings (SSSR count). The van der Waals surface area contributed by atoms with Crippen LogP contribution in [0.25, 0.3) is 0 Å². The van der Waals surface area contributed by atoms with Crippen molar-refractivity contribution in [2.45, 2.75) is 103 Å². The maximum Gasteiger partial charge on any atom is 0.307 e. The van der Waals surface area contributed by atoms with Crippen LogP contribution in [0.4, 0.5) is 0 Å². The smallest absolute Gasteiger partial charge is 0.307 e. The number of aliphatic carboxylic acids is 3. The summed E-state index contributed by atoms with van der Waals surface area (Å²) in [5, 5.41) is 30.1. The van der Waals surface area contributed by atoms with E-state index in [9.17, 15) is 29.7 Å². The Hall–Kier alpha value is -1.59. The molecular weight excluding hydrogens is 432 g/mol.